The second-order valence-corrected chi connectivity index (χ2v) is 4.79. The highest BCUT2D eigenvalue weighted by molar-refractivity contribution is 6.02. The number of carbonyl (C=O) groups is 1. The molecular weight excluding hydrogens is 214 g/mol. The van der Waals surface area contributed by atoms with Gasteiger partial charge >= 0.3 is 0 Å². The lowest BCUT2D eigenvalue weighted by Gasteiger charge is -2.29. The second-order valence-electron chi connectivity index (χ2n) is 4.79. The molecule has 0 aromatic heterocycles. The second kappa shape index (κ2) is 4.04. The number of piperidine rings is 1. The van der Waals surface area contributed by atoms with E-state index in [0.717, 1.165) is 24.3 Å². The molecule has 2 aliphatic rings. The maximum absolute atomic E-state index is 11.5. The Morgan fingerprint density at radius 3 is 2.76 bits per heavy atom. The number of carbonyl (C=O) groups excluding carboxylic acids is 1. The number of benzene rings is 1. The van der Waals surface area contributed by atoms with E-state index in [9.17, 15) is 4.79 Å². The molecule has 1 fully saturated rings. The van der Waals surface area contributed by atoms with E-state index in [0.29, 0.717) is 0 Å². The Balaban J connectivity index is 1.89. The van der Waals surface area contributed by atoms with Gasteiger partial charge in [-0.25, -0.2) is 0 Å². The molecule has 1 aromatic rings. The summed E-state index contributed by atoms with van der Waals surface area (Å²) in [7, 11) is 0. The third kappa shape index (κ3) is 1.78. The molecule has 1 amide bonds. The van der Waals surface area contributed by atoms with Crippen molar-refractivity contribution >= 4 is 17.3 Å². The SMILES string of the molecule is NC1C(=O)Nc2cc(N3CCCCC3)ccc21. The number of amides is 1. The number of nitrogens with zero attached hydrogens (tertiary/aromatic N) is 1. The minimum atomic E-state index is -0.500. The smallest absolute Gasteiger partial charge is 0.245 e. The van der Waals surface area contributed by atoms with E-state index in [1.807, 2.05) is 12.1 Å². The van der Waals surface area contributed by atoms with Crippen molar-refractivity contribution in [1.82, 2.24) is 0 Å². The minimum absolute atomic E-state index is 0.101. The summed E-state index contributed by atoms with van der Waals surface area (Å²) in [6, 6.07) is 5.60. The van der Waals surface area contributed by atoms with Crippen LogP contribution in [0.1, 0.15) is 30.9 Å². The Kier molecular flexibility index (Phi) is 2.52. The number of nitrogens with one attached hydrogen (secondary N) is 1. The van der Waals surface area contributed by atoms with E-state index in [1.54, 1.807) is 0 Å². The zero-order valence-electron chi connectivity index (χ0n) is 9.78. The Hall–Kier alpha value is -1.55. The number of hydrogen-bond acceptors (Lipinski definition) is 3. The Morgan fingerprint density at radius 1 is 1.24 bits per heavy atom. The van der Waals surface area contributed by atoms with Crippen LogP contribution in [0.15, 0.2) is 18.2 Å². The highest BCUT2D eigenvalue weighted by Gasteiger charge is 2.27. The summed E-state index contributed by atoms with van der Waals surface area (Å²) in [5.74, 6) is -0.101. The normalized spacial score (nSPS) is 23.5. The molecule has 0 aliphatic carbocycles. The lowest BCUT2D eigenvalue weighted by molar-refractivity contribution is -0.116. The summed E-state index contributed by atoms with van der Waals surface area (Å²) in [6.45, 7) is 2.22. The third-order valence-corrected chi connectivity index (χ3v) is 3.63. The molecule has 3 N–H and O–H groups in total. The molecule has 4 heteroatoms. The molecule has 1 atom stereocenters. The zero-order valence-corrected chi connectivity index (χ0v) is 9.78. The first kappa shape index (κ1) is 10.6. The molecule has 1 unspecified atom stereocenters. The van der Waals surface area contributed by atoms with Gasteiger partial charge in [-0.3, -0.25) is 4.79 Å². The number of rotatable bonds is 1. The first-order valence-electron chi connectivity index (χ1n) is 6.21. The van der Waals surface area contributed by atoms with Crippen LogP contribution in [-0.4, -0.2) is 19.0 Å². The van der Waals surface area contributed by atoms with Gasteiger partial charge in [-0.05, 0) is 31.4 Å². The van der Waals surface area contributed by atoms with Crippen LogP contribution in [0.2, 0.25) is 0 Å². The van der Waals surface area contributed by atoms with Gasteiger partial charge in [0.25, 0.3) is 0 Å². The molecular formula is C13H17N3O. The van der Waals surface area contributed by atoms with Crippen molar-refractivity contribution in [3.8, 4) is 0 Å². The van der Waals surface area contributed by atoms with Crippen LogP contribution in [0.25, 0.3) is 0 Å². The monoisotopic (exact) mass is 231 g/mol. The highest BCUT2D eigenvalue weighted by Crippen LogP contribution is 2.33. The van der Waals surface area contributed by atoms with E-state index in [1.165, 1.54) is 24.9 Å². The fourth-order valence-corrected chi connectivity index (χ4v) is 2.62. The maximum atomic E-state index is 11.5. The molecule has 1 saturated heterocycles. The van der Waals surface area contributed by atoms with Crippen molar-refractivity contribution in [2.45, 2.75) is 25.3 Å². The Bertz CT molecular complexity index is 452. The molecule has 3 rings (SSSR count). The van der Waals surface area contributed by atoms with Crippen LogP contribution < -0.4 is 16.0 Å². The molecule has 4 nitrogen and oxygen atoms in total. The molecule has 0 spiro atoms. The van der Waals surface area contributed by atoms with E-state index in [-0.39, 0.29) is 5.91 Å². The van der Waals surface area contributed by atoms with Gasteiger partial charge in [0, 0.05) is 30.0 Å². The summed E-state index contributed by atoms with van der Waals surface area (Å²) < 4.78 is 0. The standard InChI is InChI=1S/C13H17N3O/c14-12-10-5-4-9(8-11(10)15-13(12)17)16-6-2-1-3-7-16/h4-5,8,12H,1-3,6-7,14H2,(H,15,17). The van der Waals surface area contributed by atoms with Crippen LogP contribution in [0.5, 0.6) is 0 Å². The molecule has 1 aromatic carbocycles. The number of anilines is 2. The van der Waals surface area contributed by atoms with Crippen LogP contribution in [0, 0.1) is 0 Å². The summed E-state index contributed by atoms with van der Waals surface area (Å²) in [5, 5.41) is 2.84. The summed E-state index contributed by atoms with van der Waals surface area (Å²) in [4.78, 5) is 13.8. The molecule has 0 bridgehead atoms. The molecule has 2 aliphatic heterocycles. The van der Waals surface area contributed by atoms with E-state index >= 15 is 0 Å². The topological polar surface area (TPSA) is 58.4 Å². The fourth-order valence-electron chi connectivity index (χ4n) is 2.62. The van der Waals surface area contributed by atoms with Crippen LogP contribution in [-0.2, 0) is 4.79 Å². The van der Waals surface area contributed by atoms with Gasteiger partial charge in [-0.2, -0.15) is 0 Å². The quantitative estimate of drug-likeness (QED) is 0.772. The summed E-state index contributed by atoms with van der Waals surface area (Å²) in [6.07, 6.45) is 3.83. The van der Waals surface area contributed by atoms with E-state index < -0.39 is 6.04 Å². The third-order valence-electron chi connectivity index (χ3n) is 3.63. The van der Waals surface area contributed by atoms with Crippen LogP contribution >= 0.6 is 0 Å². The van der Waals surface area contributed by atoms with Gasteiger partial charge in [0.05, 0.1) is 0 Å². The van der Waals surface area contributed by atoms with Gasteiger partial charge in [0.1, 0.15) is 6.04 Å². The number of fused-ring (bicyclic) bond motifs is 1. The van der Waals surface area contributed by atoms with Crippen molar-refractivity contribution in [2.24, 2.45) is 5.73 Å². The highest BCUT2D eigenvalue weighted by atomic mass is 16.2. The molecule has 90 valence electrons. The average Bonchev–Trinajstić information content (AvgIpc) is 2.66. The van der Waals surface area contributed by atoms with Crippen molar-refractivity contribution in [3.63, 3.8) is 0 Å². The fraction of sp³-hybridized carbons (Fsp3) is 0.462. The Morgan fingerprint density at radius 2 is 2.00 bits per heavy atom. The largest absolute Gasteiger partial charge is 0.371 e. The van der Waals surface area contributed by atoms with Crippen molar-refractivity contribution in [3.05, 3.63) is 23.8 Å². The van der Waals surface area contributed by atoms with Gasteiger partial charge < -0.3 is 16.0 Å². The van der Waals surface area contributed by atoms with Crippen LogP contribution in [0.4, 0.5) is 11.4 Å². The van der Waals surface area contributed by atoms with Gasteiger partial charge in [0.2, 0.25) is 5.91 Å². The molecule has 17 heavy (non-hydrogen) atoms. The molecule has 0 saturated carbocycles. The lowest BCUT2D eigenvalue weighted by atomic mass is 10.1. The average molecular weight is 231 g/mol. The first-order chi connectivity index (χ1) is 8.25. The summed E-state index contributed by atoms with van der Waals surface area (Å²) in [5.41, 5.74) is 8.78. The van der Waals surface area contributed by atoms with Gasteiger partial charge in [-0.1, -0.05) is 6.07 Å². The number of hydrogen-bond donors (Lipinski definition) is 2. The first-order valence-corrected chi connectivity index (χ1v) is 6.21. The lowest BCUT2D eigenvalue weighted by Crippen LogP contribution is -2.29. The predicted octanol–water partition coefficient (Wildman–Crippen LogP) is 1.63. The van der Waals surface area contributed by atoms with Crippen LogP contribution in [0.3, 0.4) is 0 Å². The van der Waals surface area contributed by atoms with Gasteiger partial charge in [-0.15, -0.1) is 0 Å². The van der Waals surface area contributed by atoms with Crippen molar-refractivity contribution in [2.75, 3.05) is 23.3 Å². The van der Waals surface area contributed by atoms with Gasteiger partial charge in [0.15, 0.2) is 0 Å². The maximum Gasteiger partial charge on any atom is 0.245 e. The summed E-state index contributed by atoms with van der Waals surface area (Å²) >= 11 is 0. The predicted molar refractivity (Wildman–Crippen MR) is 68.1 cm³/mol. The minimum Gasteiger partial charge on any atom is -0.371 e. The van der Waals surface area contributed by atoms with Crippen molar-refractivity contribution in [1.29, 1.82) is 0 Å². The zero-order chi connectivity index (χ0) is 11.8. The van der Waals surface area contributed by atoms with E-state index in [2.05, 4.69) is 16.3 Å². The molecule has 0 radical (unpaired) electrons. The van der Waals surface area contributed by atoms with Crippen molar-refractivity contribution < 1.29 is 4.79 Å². The number of nitrogens with two attached hydrogens (primary N) is 1. The molecule has 2 heterocycles. The van der Waals surface area contributed by atoms with E-state index in [4.69, 9.17) is 5.73 Å². The Labute approximate surface area is 101 Å².